The molecule has 5 nitrogen and oxygen atoms in total. The molecule has 0 bridgehead atoms. The third kappa shape index (κ3) is 10.0. The maximum atomic E-state index is 13.5. The molecule has 0 N–H and O–H groups in total. The van der Waals surface area contributed by atoms with Crippen molar-refractivity contribution >= 4 is 23.2 Å². The number of unbranched alkanes of at least 4 members (excludes halogenated alkanes) is 5. The lowest BCUT2D eigenvalue weighted by molar-refractivity contribution is -0.141. The lowest BCUT2D eigenvalue weighted by atomic mass is 10.1. The van der Waals surface area contributed by atoms with Crippen LogP contribution in [0.3, 0.4) is 0 Å². The number of nitrogens with zero attached hydrogens (tertiary/aromatic N) is 3. The minimum Gasteiger partial charge on any atom is -0.332 e. The molecule has 7 heteroatoms. The molecule has 3 rings (SSSR count). The lowest BCUT2D eigenvalue weighted by Crippen LogP contribution is -2.45. The summed E-state index contributed by atoms with van der Waals surface area (Å²) in [7, 11) is 0. The van der Waals surface area contributed by atoms with Gasteiger partial charge in [0.1, 0.15) is 5.82 Å². The van der Waals surface area contributed by atoms with Crippen molar-refractivity contribution in [2.24, 2.45) is 0 Å². The van der Waals surface area contributed by atoms with Crippen molar-refractivity contribution in [1.82, 2.24) is 14.7 Å². The SMILES string of the molecule is CCCCCCCCC(=O)N(CCN1CCCC1)CC(=O)N(Cc1ccc(F)cc1)Cc1cccs1. The number of carbonyl (C=O) groups excluding carboxylic acids is 2. The largest absolute Gasteiger partial charge is 0.332 e. The number of benzene rings is 1. The van der Waals surface area contributed by atoms with E-state index in [0.29, 0.717) is 26.1 Å². The number of halogens is 1. The van der Waals surface area contributed by atoms with Crippen molar-refractivity contribution in [2.45, 2.75) is 77.8 Å². The minimum atomic E-state index is -0.289. The summed E-state index contributed by atoms with van der Waals surface area (Å²) in [5.41, 5.74) is 0.878. The van der Waals surface area contributed by atoms with E-state index in [9.17, 15) is 14.0 Å². The van der Waals surface area contributed by atoms with E-state index >= 15 is 0 Å². The fourth-order valence-corrected chi connectivity index (χ4v) is 5.39. The van der Waals surface area contributed by atoms with Crippen LogP contribution < -0.4 is 0 Å². The highest BCUT2D eigenvalue weighted by molar-refractivity contribution is 7.09. The first-order valence-corrected chi connectivity index (χ1v) is 14.5. The van der Waals surface area contributed by atoms with Gasteiger partial charge in [-0.05, 0) is 61.5 Å². The van der Waals surface area contributed by atoms with Gasteiger partial charge in [-0.1, -0.05) is 57.2 Å². The van der Waals surface area contributed by atoms with Gasteiger partial charge in [0.2, 0.25) is 11.8 Å². The standard InChI is InChI=1S/C29H42FN3O2S/c1-2-3-4-5-6-7-12-28(34)32(20-19-31-17-8-9-18-31)24-29(35)33(23-27-11-10-21-36-27)22-25-13-15-26(30)16-14-25/h10-11,13-16,21H,2-9,12,17-20,22-24H2,1H3. The quantitative estimate of drug-likeness (QED) is 0.254. The molecular weight excluding hydrogens is 473 g/mol. The zero-order valence-corrected chi connectivity index (χ0v) is 22.6. The van der Waals surface area contributed by atoms with Gasteiger partial charge in [-0.15, -0.1) is 11.3 Å². The van der Waals surface area contributed by atoms with Gasteiger partial charge in [0.25, 0.3) is 0 Å². The van der Waals surface area contributed by atoms with Crippen molar-refractivity contribution in [3.8, 4) is 0 Å². The third-order valence-corrected chi connectivity index (χ3v) is 7.74. The maximum Gasteiger partial charge on any atom is 0.242 e. The Bertz CT molecular complexity index is 898. The number of thiophene rings is 1. The first-order valence-electron chi connectivity index (χ1n) is 13.6. The molecular formula is C29H42FN3O2S. The Labute approximate surface area is 220 Å². The van der Waals surface area contributed by atoms with Gasteiger partial charge in [0.15, 0.2) is 0 Å². The maximum absolute atomic E-state index is 13.5. The molecule has 1 saturated heterocycles. The second-order valence-corrected chi connectivity index (χ2v) is 10.9. The van der Waals surface area contributed by atoms with E-state index in [4.69, 9.17) is 0 Å². The van der Waals surface area contributed by atoms with Crippen molar-refractivity contribution < 1.29 is 14.0 Å². The van der Waals surface area contributed by atoms with Crippen LogP contribution in [0.2, 0.25) is 0 Å². The predicted octanol–water partition coefficient (Wildman–Crippen LogP) is 6.09. The van der Waals surface area contributed by atoms with Gasteiger partial charge < -0.3 is 14.7 Å². The molecule has 2 aromatic rings. The Morgan fingerprint density at radius 3 is 2.33 bits per heavy atom. The van der Waals surface area contributed by atoms with E-state index in [2.05, 4.69) is 11.8 Å². The first-order chi connectivity index (χ1) is 17.5. The smallest absolute Gasteiger partial charge is 0.242 e. The first kappa shape index (κ1) is 28.3. The summed E-state index contributed by atoms with van der Waals surface area (Å²) in [5.74, 6) is -0.274. The van der Waals surface area contributed by atoms with Gasteiger partial charge in [-0.2, -0.15) is 0 Å². The van der Waals surface area contributed by atoms with Crippen LogP contribution in [0.1, 0.15) is 75.2 Å². The summed E-state index contributed by atoms with van der Waals surface area (Å²) < 4.78 is 13.4. The highest BCUT2D eigenvalue weighted by atomic mass is 32.1. The Kier molecular flexibility index (Phi) is 12.4. The second-order valence-electron chi connectivity index (χ2n) is 9.84. The van der Waals surface area contributed by atoms with Gasteiger partial charge in [0, 0.05) is 30.9 Å². The molecule has 0 spiro atoms. The van der Waals surface area contributed by atoms with E-state index in [1.54, 1.807) is 33.3 Å². The Hall–Kier alpha value is -2.25. The van der Waals surface area contributed by atoms with E-state index < -0.39 is 0 Å². The van der Waals surface area contributed by atoms with Crippen LogP contribution in [0.25, 0.3) is 0 Å². The van der Waals surface area contributed by atoms with Crippen LogP contribution in [0.4, 0.5) is 4.39 Å². The molecule has 36 heavy (non-hydrogen) atoms. The van der Waals surface area contributed by atoms with Crippen LogP contribution in [-0.2, 0) is 22.7 Å². The van der Waals surface area contributed by atoms with E-state index in [-0.39, 0.29) is 24.2 Å². The van der Waals surface area contributed by atoms with E-state index in [0.717, 1.165) is 42.9 Å². The summed E-state index contributed by atoms with van der Waals surface area (Å²) >= 11 is 1.61. The summed E-state index contributed by atoms with van der Waals surface area (Å²) in [6.07, 6.45) is 9.71. The number of hydrogen-bond donors (Lipinski definition) is 0. The molecule has 0 unspecified atom stereocenters. The number of likely N-dealkylation sites (tertiary alicyclic amines) is 1. The van der Waals surface area contributed by atoms with Crippen LogP contribution in [0.5, 0.6) is 0 Å². The topological polar surface area (TPSA) is 43.9 Å². The summed E-state index contributed by atoms with van der Waals surface area (Å²) in [5, 5.41) is 2.00. The highest BCUT2D eigenvalue weighted by Crippen LogP contribution is 2.17. The molecule has 2 heterocycles. The van der Waals surface area contributed by atoms with Gasteiger partial charge in [0.05, 0.1) is 13.1 Å². The van der Waals surface area contributed by atoms with E-state index in [1.165, 1.54) is 50.7 Å². The average molecular weight is 516 g/mol. The highest BCUT2D eigenvalue weighted by Gasteiger charge is 2.23. The zero-order valence-electron chi connectivity index (χ0n) is 21.8. The third-order valence-electron chi connectivity index (χ3n) is 6.87. The molecule has 1 fully saturated rings. The van der Waals surface area contributed by atoms with Gasteiger partial charge >= 0.3 is 0 Å². The van der Waals surface area contributed by atoms with Crippen LogP contribution in [0.15, 0.2) is 41.8 Å². The molecule has 2 amide bonds. The summed E-state index contributed by atoms with van der Waals surface area (Å²) in [4.78, 5) is 33.8. The normalized spacial score (nSPS) is 13.7. The van der Waals surface area contributed by atoms with Crippen LogP contribution in [0, 0.1) is 5.82 Å². The average Bonchev–Trinajstić information content (AvgIpc) is 3.59. The van der Waals surface area contributed by atoms with Crippen molar-refractivity contribution in [1.29, 1.82) is 0 Å². The molecule has 198 valence electrons. The number of carbonyl (C=O) groups is 2. The molecule has 1 aliphatic heterocycles. The predicted molar refractivity (Wildman–Crippen MR) is 145 cm³/mol. The van der Waals surface area contributed by atoms with Gasteiger partial charge in [-0.3, -0.25) is 9.59 Å². The molecule has 1 aromatic carbocycles. The Morgan fingerprint density at radius 1 is 0.917 bits per heavy atom. The Morgan fingerprint density at radius 2 is 1.64 bits per heavy atom. The molecule has 0 atom stereocenters. The number of amides is 2. The molecule has 0 aliphatic carbocycles. The second kappa shape index (κ2) is 15.8. The Balaban J connectivity index is 1.63. The molecule has 0 saturated carbocycles. The summed E-state index contributed by atoms with van der Waals surface area (Å²) in [6, 6.07) is 10.3. The molecule has 1 aromatic heterocycles. The van der Waals surface area contributed by atoms with E-state index in [1.807, 2.05) is 17.5 Å². The van der Waals surface area contributed by atoms with Crippen molar-refractivity contribution in [2.75, 3.05) is 32.7 Å². The van der Waals surface area contributed by atoms with Crippen molar-refractivity contribution in [3.05, 3.63) is 58.0 Å². The van der Waals surface area contributed by atoms with Crippen LogP contribution >= 0.6 is 11.3 Å². The zero-order chi connectivity index (χ0) is 25.6. The van der Waals surface area contributed by atoms with Crippen molar-refractivity contribution in [3.63, 3.8) is 0 Å². The number of rotatable bonds is 16. The van der Waals surface area contributed by atoms with Gasteiger partial charge in [-0.25, -0.2) is 4.39 Å². The van der Waals surface area contributed by atoms with Crippen LogP contribution in [-0.4, -0.2) is 59.2 Å². The monoisotopic (exact) mass is 515 g/mol. The minimum absolute atomic E-state index is 0.0644. The fraction of sp³-hybridized carbons (Fsp3) is 0.586. The summed E-state index contributed by atoms with van der Waals surface area (Å²) in [6.45, 7) is 6.72. The molecule has 1 aliphatic rings. The number of hydrogen-bond acceptors (Lipinski definition) is 4. The lowest BCUT2D eigenvalue weighted by Gasteiger charge is -2.29. The molecule has 0 radical (unpaired) electrons. The fourth-order valence-electron chi connectivity index (χ4n) is 4.67.